The predicted molar refractivity (Wildman–Crippen MR) is 80.8 cm³/mol. The highest BCUT2D eigenvalue weighted by molar-refractivity contribution is 5.04. The van der Waals surface area contributed by atoms with E-state index in [0.717, 1.165) is 38.6 Å². The normalized spacial score (nSPS) is 17.7. The molecule has 0 aromatic carbocycles. The van der Waals surface area contributed by atoms with E-state index in [1.807, 2.05) is 17.9 Å². The van der Waals surface area contributed by atoms with Crippen LogP contribution in [0.25, 0.3) is 0 Å². The van der Waals surface area contributed by atoms with Gasteiger partial charge in [-0.15, -0.1) is 0 Å². The van der Waals surface area contributed by atoms with Gasteiger partial charge in [0.15, 0.2) is 0 Å². The number of piperidine rings is 1. The topological polar surface area (TPSA) is 42.3 Å². The van der Waals surface area contributed by atoms with Gasteiger partial charge in [-0.2, -0.15) is 5.10 Å². The molecule has 1 aliphatic heterocycles. The van der Waals surface area contributed by atoms with E-state index in [4.69, 9.17) is 4.74 Å². The maximum Gasteiger partial charge on any atom is 0.0587 e. The Labute approximate surface area is 122 Å². The molecule has 0 saturated carbocycles. The number of hydrogen-bond acceptors (Lipinski definition) is 4. The van der Waals surface area contributed by atoms with E-state index in [0.29, 0.717) is 0 Å². The average molecular weight is 280 g/mol. The van der Waals surface area contributed by atoms with E-state index in [2.05, 4.69) is 21.5 Å². The maximum absolute atomic E-state index is 5.05. The lowest BCUT2D eigenvalue weighted by Crippen LogP contribution is -2.38. The molecule has 20 heavy (non-hydrogen) atoms. The van der Waals surface area contributed by atoms with Gasteiger partial charge in [0, 0.05) is 33.4 Å². The Morgan fingerprint density at radius 3 is 2.85 bits per heavy atom. The number of aromatic nitrogens is 2. The second kappa shape index (κ2) is 8.39. The van der Waals surface area contributed by atoms with Gasteiger partial charge in [0.2, 0.25) is 0 Å². The molecule has 114 valence electrons. The second-order valence-electron chi connectivity index (χ2n) is 5.75. The molecule has 5 nitrogen and oxygen atoms in total. The third kappa shape index (κ3) is 5.23. The molecule has 1 aromatic rings. The van der Waals surface area contributed by atoms with Crippen LogP contribution in [0.4, 0.5) is 0 Å². The van der Waals surface area contributed by atoms with Crippen LogP contribution in [0.5, 0.6) is 0 Å². The van der Waals surface area contributed by atoms with Crippen LogP contribution in [-0.2, 0) is 18.2 Å². The van der Waals surface area contributed by atoms with Crippen LogP contribution in [-0.4, -0.2) is 61.1 Å². The Hall–Kier alpha value is -0.910. The third-order valence-electron chi connectivity index (χ3n) is 4.10. The van der Waals surface area contributed by atoms with Crippen LogP contribution in [0, 0.1) is 5.92 Å². The van der Waals surface area contributed by atoms with Crippen LogP contribution in [0.2, 0.25) is 0 Å². The number of rotatable bonds is 8. The molecule has 2 rings (SSSR count). The van der Waals surface area contributed by atoms with Crippen molar-refractivity contribution in [2.45, 2.75) is 19.3 Å². The Bertz CT molecular complexity index is 372. The number of likely N-dealkylation sites (tertiary alicyclic amines) is 1. The molecule has 0 spiro atoms. The Morgan fingerprint density at radius 1 is 1.40 bits per heavy atom. The zero-order valence-corrected chi connectivity index (χ0v) is 12.8. The molecule has 0 aliphatic carbocycles. The molecule has 0 radical (unpaired) electrons. The second-order valence-corrected chi connectivity index (χ2v) is 5.75. The average Bonchev–Trinajstić information content (AvgIpc) is 2.88. The van der Waals surface area contributed by atoms with Crippen molar-refractivity contribution in [2.75, 3.05) is 46.4 Å². The molecule has 0 unspecified atom stereocenters. The number of nitrogens with zero attached hydrogens (tertiary/aromatic N) is 3. The fourth-order valence-corrected chi connectivity index (χ4v) is 2.78. The zero-order valence-electron chi connectivity index (χ0n) is 12.8. The third-order valence-corrected chi connectivity index (χ3v) is 4.10. The largest absolute Gasteiger partial charge is 0.383 e. The highest BCUT2D eigenvalue weighted by Gasteiger charge is 2.18. The first-order valence-electron chi connectivity index (χ1n) is 7.67. The lowest BCUT2D eigenvalue weighted by atomic mass is 9.96. The van der Waals surface area contributed by atoms with Gasteiger partial charge in [-0.1, -0.05) is 0 Å². The molecular formula is C15H28N4O. The number of hydrogen-bond donors (Lipinski definition) is 1. The van der Waals surface area contributed by atoms with Crippen LogP contribution in [0.3, 0.4) is 0 Å². The molecule has 1 aliphatic rings. The van der Waals surface area contributed by atoms with Crippen molar-refractivity contribution in [3.8, 4) is 0 Å². The minimum atomic E-state index is 0.809. The van der Waals surface area contributed by atoms with Crippen molar-refractivity contribution < 1.29 is 4.74 Å². The van der Waals surface area contributed by atoms with Crippen LogP contribution in [0.1, 0.15) is 18.4 Å². The van der Waals surface area contributed by atoms with Crippen molar-refractivity contribution in [1.29, 1.82) is 0 Å². The van der Waals surface area contributed by atoms with Crippen molar-refractivity contribution in [3.05, 3.63) is 18.0 Å². The quantitative estimate of drug-likeness (QED) is 0.719. The van der Waals surface area contributed by atoms with Crippen molar-refractivity contribution >= 4 is 0 Å². The van der Waals surface area contributed by atoms with E-state index in [9.17, 15) is 0 Å². The summed E-state index contributed by atoms with van der Waals surface area (Å²) >= 11 is 0. The summed E-state index contributed by atoms with van der Waals surface area (Å²) in [5.74, 6) is 0.835. The fourth-order valence-electron chi connectivity index (χ4n) is 2.78. The van der Waals surface area contributed by atoms with Crippen LogP contribution < -0.4 is 5.32 Å². The summed E-state index contributed by atoms with van der Waals surface area (Å²) in [5.41, 5.74) is 1.34. The molecule has 0 atom stereocenters. The van der Waals surface area contributed by atoms with Gasteiger partial charge in [0.1, 0.15) is 0 Å². The maximum atomic E-state index is 5.05. The van der Waals surface area contributed by atoms with Gasteiger partial charge in [0.25, 0.3) is 0 Å². The van der Waals surface area contributed by atoms with Gasteiger partial charge in [-0.3, -0.25) is 4.68 Å². The molecular weight excluding hydrogens is 252 g/mol. The monoisotopic (exact) mass is 280 g/mol. The van der Waals surface area contributed by atoms with Gasteiger partial charge in [-0.05, 0) is 50.4 Å². The van der Waals surface area contributed by atoms with Crippen molar-refractivity contribution in [1.82, 2.24) is 20.0 Å². The molecule has 1 saturated heterocycles. The Kier molecular flexibility index (Phi) is 6.50. The van der Waals surface area contributed by atoms with Gasteiger partial charge in [-0.25, -0.2) is 0 Å². The van der Waals surface area contributed by atoms with Crippen LogP contribution >= 0.6 is 0 Å². The lowest BCUT2D eigenvalue weighted by molar-refractivity contribution is 0.174. The summed E-state index contributed by atoms with van der Waals surface area (Å²) in [6, 6.07) is 0. The fraction of sp³-hybridized carbons (Fsp3) is 0.800. The van der Waals surface area contributed by atoms with Crippen molar-refractivity contribution in [3.63, 3.8) is 0 Å². The highest BCUT2D eigenvalue weighted by Crippen LogP contribution is 2.16. The van der Waals surface area contributed by atoms with Crippen LogP contribution in [0.15, 0.2) is 12.4 Å². The Morgan fingerprint density at radius 2 is 2.20 bits per heavy atom. The van der Waals surface area contributed by atoms with Gasteiger partial charge >= 0.3 is 0 Å². The van der Waals surface area contributed by atoms with E-state index < -0.39 is 0 Å². The molecule has 0 amide bonds. The molecule has 1 aromatic heterocycles. The minimum Gasteiger partial charge on any atom is -0.383 e. The number of ether oxygens (including phenoxy) is 1. The smallest absolute Gasteiger partial charge is 0.0587 e. The zero-order chi connectivity index (χ0) is 14.2. The van der Waals surface area contributed by atoms with Crippen molar-refractivity contribution in [2.24, 2.45) is 13.0 Å². The lowest BCUT2D eigenvalue weighted by Gasteiger charge is -2.32. The summed E-state index contributed by atoms with van der Waals surface area (Å²) in [7, 11) is 3.73. The van der Waals surface area contributed by atoms with E-state index >= 15 is 0 Å². The molecule has 5 heteroatoms. The van der Waals surface area contributed by atoms with E-state index in [-0.39, 0.29) is 0 Å². The SMILES string of the molecule is COCCNCC1CCN(CCc2cnn(C)c2)CC1. The highest BCUT2D eigenvalue weighted by atomic mass is 16.5. The molecule has 1 fully saturated rings. The molecule has 2 heterocycles. The molecule has 0 bridgehead atoms. The first-order valence-corrected chi connectivity index (χ1v) is 7.67. The number of nitrogens with one attached hydrogen (secondary N) is 1. The molecule has 1 N–H and O–H groups in total. The first-order chi connectivity index (χ1) is 9.78. The minimum absolute atomic E-state index is 0.809. The summed E-state index contributed by atoms with van der Waals surface area (Å²) in [5, 5.41) is 7.70. The first kappa shape index (κ1) is 15.5. The standard InChI is InChI=1S/C15H28N4O/c1-18-13-15(12-17-18)5-9-19-7-3-14(4-8-19)11-16-6-10-20-2/h12-14,16H,3-11H2,1-2H3. The summed E-state index contributed by atoms with van der Waals surface area (Å²) in [6.45, 7) is 6.55. The summed E-state index contributed by atoms with van der Waals surface area (Å²) < 4.78 is 6.93. The number of methoxy groups -OCH3 is 1. The Balaban J connectivity index is 1.57. The van der Waals surface area contributed by atoms with E-state index in [1.165, 1.54) is 31.5 Å². The van der Waals surface area contributed by atoms with Gasteiger partial charge in [0.05, 0.1) is 12.8 Å². The van der Waals surface area contributed by atoms with Gasteiger partial charge < -0.3 is 15.0 Å². The van der Waals surface area contributed by atoms with E-state index in [1.54, 1.807) is 7.11 Å². The number of aryl methyl sites for hydroxylation is 1. The summed E-state index contributed by atoms with van der Waals surface area (Å²) in [4.78, 5) is 2.58. The summed E-state index contributed by atoms with van der Waals surface area (Å²) in [6.07, 6.45) is 7.84. The predicted octanol–water partition coefficient (Wildman–Crippen LogP) is 0.911.